The molecule has 0 unspecified atom stereocenters. The molecule has 0 fully saturated rings. The van der Waals surface area contributed by atoms with Crippen LogP contribution in [0.3, 0.4) is 0 Å². The third-order valence-electron chi connectivity index (χ3n) is 1.27. The fraction of sp³-hybridized carbons (Fsp3) is 0.500. The second-order valence-electron chi connectivity index (χ2n) is 2.69. The van der Waals surface area contributed by atoms with Crippen LogP contribution in [0.15, 0.2) is 27.1 Å². The van der Waals surface area contributed by atoms with E-state index in [0.717, 1.165) is 17.1 Å². The monoisotopic (exact) mass is 196 g/mol. The summed E-state index contributed by atoms with van der Waals surface area (Å²) in [7, 11) is 0. The molecule has 2 nitrogen and oxygen atoms in total. The summed E-state index contributed by atoms with van der Waals surface area (Å²) >= 11 is 4.11. The molecule has 0 heterocycles. The number of hydrogen-bond donors (Lipinski definition) is 1. The fourth-order valence-electron chi connectivity index (χ4n) is 0.837. The van der Waals surface area contributed by atoms with Crippen LogP contribution in [0.2, 0.25) is 0 Å². The smallest absolute Gasteiger partial charge is 0.0807 e. The topological polar surface area (TPSA) is 24.7 Å². The van der Waals surface area contributed by atoms with Crippen LogP contribution in [-0.4, -0.2) is 17.7 Å². The van der Waals surface area contributed by atoms with Crippen LogP contribution >= 0.6 is 12.6 Å². The lowest BCUT2D eigenvalue weighted by Crippen LogP contribution is -1.91. The largest absolute Gasteiger partial charge is 0.258 e. The van der Waals surface area contributed by atoms with Gasteiger partial charge in [-0.15, -0.1) is 0 Å². The minimum atomic E-state index is 0.676. The van der Waals surface area contributed by atoms with E-state index in [9.17, 15) is 0 Å². The zero-order valence-corrected chi connectivity index (χ0v) is 9.52. The van der Waals surface area contributed by atoms with E-state index in [1.807, 2.05) is 27.7 Å². The maximum absolute atomic E-state index is 4.27. The summed E-state index contributed by atoms with van der Waals surface area (Å²) in [6.45, 7) is 7.62. The molecule has 0 spiro atoms. The number of aliphatic imine (C=N–C) groups is 2. The van der Waals surface area contributed by atoms with E-state index in [-0.39, 0.29) is 0 Å². The van der Waals surface area contributed by atoms with Crippen LogP contribution in [0.5, 0.6) is 0 Å². The minimum absolute atomic E-state index is 0.676. The van der Waals surface area contributed by atoms with Gasteiger partial charge in [-0.3, -0.25) is 9.98 Å². The highest BCUT2D eigenvalue weighted by atomic mass is 32.1. The Balaban J connectivity index is 4.76. The molecular weight excluding hydrogens is 180 g/mol. The molecule has 0 aromatic rings. The molecule has 0 bridgehead atoms. The van der Waals surface area contributed by atoms with E-state index in [2.05, 4.69) is 28.3 Å². The number of hydrogen-bond acceptors (Lipinski definition) is 3. The molecular formula is C10H16N2S. The number of rotatable bonds is 3. The first-order chi connectivity index (χ1) is 6.10. The molecule has 13 heavy (non-hydrogen) atoms. The average molecular weight is 196 g/mol. The summed E-state index contributed by atoms with van der Waals surface area (Å²) in [5, 5.41) is 0. The van der Waals surface area contributed by atoms with Crippen molar-refractivity contribution in [2.45, 2.75) is 27.7 Å². The van der Waals surface area contributed by atoms with Gasteiger partial charge in [0.2, 0.25) is 0 Å². The summed E-state index contributed by atoms with van der Waals surface area (Å²) in [4.78, 5) is 8.34. The van der Waals surface area contributed by atoms with Crippen molar-refractivity contribution < 1.29 is 0 Å². The van der Waals surface area contributed by atoms with Crippen molar-refractivity contribution >= 4 is 24.6 Å². The standard InChI is InChI=1S/C10H16N2S/c1-5-11-8(2)6-9(3)12-10(4)7-13/h5,13H,7H2,1-4H3. The van der Waals surface area contributed by atoms with Crippen LogP contribution in [0.1, 0.15) is 27.7 Å². The molecule has 72 valence electrons. The van der Waals surface area contributed by atoms with Gasteiger partial charge in [0.15, 0.2) is 0 Å². The summed E-state index contributed by atoms with van der Waals surface area (Å²) in [5.41, 5.74) is 5.73. The summed E-state index contributed by atoms with van der Waals surface area (Å²) < 4.78 is 0. The first kappa shape index (κ1) is 12.2. The van der Waals surface area contributed by atoms with Crippen molar-refractivity contribution in [1.29, 1.82) is 0 Å². The van der Waals surface area contributed by atoms with E-state index in [1.165, 1.54) is 0 Å². The highest BCUT2D eigenvalue weighted by Crippen LogP contribution is 1.98. The second-order valence-corrected chi connectivity index (χ2v) is 3.00. The molecule has 0 rings (SSSR count). The van der Waals surface area contributed by atoms with Gasteiger partial charge in [0.1, 0.15) is 0 Å². The Bertz CT molecular complexity index is 281. The Hall–Kier alpha value is -0.790. The number of thiol groups is 1. The van der Waals surface area contributed by atoms with Crippen molar-refractivity contribution in [2.24, 2.45) is 9.98 Å². The molecule has 0 atom stereocenters. The van der Waals surface area contributed by atoms with E-state index in [1.54, 1.807) is 6.21 Å². The fourth-order valence-corrected chi connectivity index (χ4v) is 0.908. The molecule has 3 heteroatoms. The van der Waals surface area contributed by atoms with Crippen molar-refractivity contribution in [1.82, 2.24) is 0 Å². The SMILES string of the molecule is CC=NC(C)=C=C(C)N=C(C)CS. The predicted molar refractivity (Wildman–Crippen MR) is 63.0 cm³/mol. The highest BCUT2D eigenvalue weighted by molar-refractivity contribution is 7.81. The van der Waals surface area contributed by atoms with Gasteiger partial charge < -0.3 is 0 Å². The van der Waals surface area contributed by atoms with Gasteiger partial charge in [-0.25, -0.2) is 0 Å². The minimum Gasteiger partial charge on any atom is -0.258 e. The lowest BCUT2D eigenvalue weighted by Gasteiger charge is -1.92. The first-order valence-corrected chi connectivity index (χ1v) is 4.81. The van der Waals surface area contributed by atoms with Gasteiger partial charge in [-0.2, -0.15) is 12.6 Å². The van der Waals surface area contributed by atoms with E-state index >= 15 is 0 Å². The molecule has 0 amide bonds. The van der Waals surface area contributed by atoms with Crippen molar-refractivity contribution in [3.8, 4) is 0 Å². The lowest BCUT2D eigenvalue weighted by molar-refractivity contribution is 1.25. The molecule has 0 aliphatic rings. The Kier molecular flexibility index (Phi) is 6.29. The molecule has 0 N–H and O–H groups in total. The van der Waals surface area contributed by atoms with E-state index in [0.29, 0.717) is 5.75 Å². The highest BCUT2D eigenvalue weighted by Gasteiger charge is 1.87. The van der Waals surface area contributed by atoms with E-state index < -0.39 is 0 Å². The number of nitrogens with zero attached hydrogens (tertiary/aromatic N) is 2. The quantitative estimate of drug-likeness (QED) is 0.408. The second kappa shape index (κ2) is 6.70. The van der Waals surface area contributed by atoms with Crippen LogP contribution in [0.4, 0.5) is 0 Å². The summed E-state index contributed by atoms with van der Waals surface area (Å²) in [6.07, 6.45) is 1.74. The van der Waals surface area contributed by atoms with Crippen molar-refractivity contribution in [2.75, 3.05) is 5.75 Å². The van der Waals surface area contributed by atoms with E-state index in [4.69, 9.17) is 0 Å². The molecule has 0 aromatic carbocycles. The van der Waals surface area contributed by atoms with Gasteiger partial charge in [0.25, 0.3) is 0 Å². The molecule has 0 aliphatic carbocycles. The Labute approximate surface area is 85.6 Å². The van der Waals surface area contributed by atoms with Crippen molar-refractivity contribution in [3.05, 3.63) is 17.1 Å². The molecule has 0 saturated carbocycles. The lowest BCUT2D eigenvalue weighted by atomic mass is 10.4. The maximum Gasteiger partial charge on any atom is 0.0807 e. The zero-order chi connectivity index (χ0) is 10.3. The molecule has 0 aromatic heterocycles. The van der Waals surface area contributed by atoms with Gasteiger partial charge in [-0.05, 0) is 27.7 Å². The Morgan fingerprint density at radius 3 is 2.38 bits per heavy atom. The maximum atomic E-state index is 4.27. The van der Waals surface area contributed by atoms with Crippen molar-refractivity contribution in [3.63, 3.8) is 0 Å². The van der Waals surface area contributed by atoms with Crippen LogP contribution in [-0.2, 0) is 0 Å². The molecule has 0 saturated heterocycles. The van der Waals surface area contributed by atoms with Gasteiger partial charge in [0.05, 0.1) is 11.4 Å². The third kappa shape index (κ3) is 6.38. The molecule has 0 aliphatic heterocycles. The summed E-state index contributed by atoms with van der Waals surface area (Å²) in [5.74, 6) is 0.676. The Morgan fingerprint density at radius 2 is 1.92 bits per heavy atom. The van der Waals surface area contributed by atoms with Gasteiger partial charge >= 0.3 is 0 Å². The van der Waals surface area contributed by atoms with Gasteiger partial charge in [-0.1, -0.05) is 5.73 Å². The van der Waals surface area contributed by atoms with Gasteiger partial charge in [0, 0.05) is 17.7 Å². The zero-order valence-electron chi connectivity index (χ0n) is 8.63. The Morgan fingerprint density at radius 1 is 1.31 bits per heavy atom. The predicted octanol–water partition coefficient (Wildman–Crippen LogP) is 2.87. The first-order valence-electron chi connectivity index (χ1n) is 4.18. The normalized spacial score (nSPS) is 11.6. The summed E-state index contributed by atoms with van der Waals surface area (Å²) in [6, 6.07) is 0. The average Bonchev–Trinajstić information content (AvgIpc) is 2.04. The molecule has 0 radical (unpaired) electrons. The van der Waals surface area contributed by atoms with Crippen LogP contribution in [0.25, 0.3) is 0 Å². The third-order valence-corrected chi connectivity index (χ3v) is 1.73. The van der Waals surface area contributed by atoms with Crippen LogP contribution in [0, 0.1) is 0 Å². The van der Waals surface area contributed by atoms with Crippen LogP contribution < -0.4 is 0 Å². The number of allylic oxidation sites excluding steroid dienone is 1.